The second kappa shape index (κ2) is 9.12. The first-order valence-electron chi connectivity index (χ1n) is 10.9. The van der Waals surface area contributed by atoms with Crippen molar-refractivity contribution in [1.82, 2.24) is 15.5 Å². The third kappa shape index (κ3) is 4.74. The summed E-state index contributed by atoms with van der Waals surface area (Å²) >= 11 is 0. The summed E-state index contributed by atoms with van der Waals surface area (Å²) in [6.07, 6.45) is 6.39. The lowest BCUT2D eigenvalue weighted by molar-refractivity contribution is -0.137. The van der Waals surface area contributed by atoms with Crippen LogP contribution in [0, 0.1) is 5.92 Å². The molecule has 3 aliphatic heterocycles. The molecule has 4 nitrogen and oxygen atoms in total. The molecule has 1 aromatic carbocycles. The number of likely N-dealkylation sites (N-methyl/N-ethyl adjacent to an activating group) is 1. The van der Waals surface area contributed by atoms with Crippen molar-refractivity contribution in [3.05, 3.63) is 53.8 Å². The minimum atomic E-state index is -4.32. The maximum atomic E-state index is 13.0. The van der Waals surface area contributed by atoms with E-state index in [0.717, 1.165) is 51.1 Å². The van der Waals surface area contributed by atoms with Gasteiger partial charge in [0, 0.05) is 24.5 Å². The lowest BCUT2D eigenvalue weighted by atomic mass is 9.95. The number of anilines is 1. The van der Waals surface area contributed by atoms with E-state index in [0.29, 0.717) is 12.0 Å². The monoisotopic (exact) mass is 420 g/mol. The molecule has 0 spiro atoms. The zero-order valence-electron chi connectivity index (χ0n) is 17.5. The number of alkyl halides is 3. The third-order valence-electron chi connectivity index (χ3n) is 6.59. The number of likely N-dealkylation sites (tertiary alicyclic amines) is 1. The number of hydrogen-bond donors (Lipinski definition) is 2. The lowest BCUT2D eigenvalue weighted by Crippen LogP contribution is -2.51. The van der Waals surface area contributed by atoms with Crippen molar-refractivity contribution in [3.8, 4) is 0 Å². The molecular formula is C23H31F3N4. The van der Waals surface area contributed by atoms with Crippen LogP contribution in [0.4, 0.5) is 18.9 Å². The third-order valence-corrected chi connectivity index (χ3v) is 6.59. The summed E-state index contributed by atoms with van der Waals surface area (Å²) in [5.41, 5.74) is 1.46. The van der Waals surface area contributed by atoms with Gasteiger partial charge in [0.25, 0.3) is 0 Å². The van der Waals surface area contributed by atoms with E-state index < -0.39 is 11.7 Å². The molecule has 0 saturated carbocycles. The van der Waals surface area contributed by atoms with Crippen LogP contribution in [0.2, 0.25) is 0 Å². The SMILES string of the molecule is CN1CCC[C@H]1C1=CC=CN(c2ccc(C(F)(F)F)cc2)C1NCC1CCNCC1. The van der Waals surface area contributed by atoms with E-state index in [4.69, 9.17) is 0 Å². The van der Waals surface area contributed by atoms with E-state index in [9.17, 15) is 13.2 Å². The molecule has 3 heterocycles. The van der Waals surface area contributed by atoms with Crippen LogP contribution in [0.3, 0.4) is 0 Å². The van der Waals surface area contributed by atoms with Gasteiger partial charge in [0.1, 0.15) is 6.17 Å². The summed E-state index contributed by atoms with van der Waals surface area (Å²) in [5.74, 6) is 0.620. The van der Waals surface area contributed by atoms with Crippen molar-refractivity contribution in [1.29, 1.82) is 0 Å². The zero-order chi connectivity index (χ0) is 21.1. The van der Waals surface area contributed by atoms with Gasteiger partial charge >= 0.3 is 6.18 Å². The molecule has 1 aromatic rings. The van der Waals surface area contributed by atoms with Crippen LogP contribution in [-0.4, -0.2) is 50.3 Å². The molecule has 0 aliphatic carbocycles. The molecule has 3 aliphatic rings. The second-order valence-electron chi connectivity index (χ2n) is 8.60. The Bertz CT molecular complexity index is 766. The maximum Gasteiger partial charge on any atom is 0.416 e. The van der Waals surface area contributed by atoms with Crippen molar-refractivity contribution < 1.29 is 13.2 Å². The number of piperidine rings is 1. The minimum Gasteiger partial charge on any atom is -0.328 e. The van der Waals surface area contributed by atoms with Crippen LogP contribution in [-0.2, 0) is 6.18 Å². The Morgan fingerprint density at radius 3 is 2.47 bits per heavy atom. The van der Waals surface area contributed by atoms with Gasteiger partial charge in [-0.25, -0.2) is 0 Å². The Morgan fingerprint density at radius 1 is 1.10 bits per heavy atom. The van der Waals surface area contributed by atoms with Crippen molar-refractivity contribution in [2.45, 2.75) is 44.1 Å². The summed E-state index contributed by atoms with van der Waals surface area (Å²) in [7, 11) is 2.16. The van der Waals surface area contributed by atoms with Crippen LogP contribution >= 0.6 is 0 Å². The fourth-order valence-electron chi connectivity index (χ4n) is 4.85. The predicted octanol–water partition coefficient (Wildman–Crippen LogP) is 3.98. The zero-order valence-corrected chi connectivity index (χ0v) is 17.5. The number of hydrogen-bond acceptors (Lipinski definition) is 4. The molecule has 0 amide bonds. The highest BCUT2D eigenvalue weighted by atomic mass is 19.4. The highest BCUT2D eigenvalue weighted by Crippen LogP contribution is 2.34. The Labute approximate surface area is 176 Å². The van der Waals surface area contributed by atoms with Gasteiger partial charge in [0.15, 0.2) is 0 Å². The molecule has 4 rings (SSSR count). The fraction of sp³-hybridized carbons (Fsp3) is 0.565. The number of nitrogens with zero attached hydrogens (tertiary/aromatic N) is 2. The molecule has 30 heavy (non-hydrogen) atoms. The number of benzene rings is 1. The number of nitrogens with one attached hydrogen (secondary N) is 2. The average molecular weight is 421 g/mol. The summed E-state index contributed by atoms with van der Waals surface area (Å²) in [4.78, 5) is 4.47. The van der Waals surface area contributed by atoms with Gasteiger partial charge in [-0.3, -0.25) is 10.2 Å². The first-order valence-corrected chi connectivity index (χ1v) is 10.9. The van der Waals surface area contributed by atoms with E-state index in [-0.39, 0.29) is 6.17 Å². The van der Waals surface area contributed by atoms with Gasteiger partial charge in [0.2, 0.25) is 0 Å². The molecule has 2 saturated heterocycles. The lowest BCUT2D eigenvalue weighted by Gasteiger charge is -2.40. The highest BCUT2D eigenvalue weighted by Gasteiger charge is 2.34. The first-order chi connectivity index (χ1) is 14.4. The van der Waals surface area contributed by atoms with Gasteiger partial charge in [-0.2, -0.15) is 13.2 Å². The molecule has 0 radical (unpaired) electrons. The highest BCUT2D eigenvalue weighted by molar-refractivity contribution is 5.56. The van der Waals surface area contributed by atoms with E-state index in [2.05, 4.69) is 33.6 Å². The Balaban J connectivity index is 1.57. The summed E-state index contributed by atoms with van der Waals surface area (Å²) in [5, 5.41) is 7.17. The summed E-state index contributed by atoms with van der Waals surface area (Å²) < 4.78 is 39.0. The van der Waals surface area contributed by atoms with E-state index >= 15 is 0 Å². The molecule has 0 bridgehead atoms. The minimum absolute atomic E-state index is 0.0489. The quantitative estimate of drug-likeness (QED) is 0.755. The van der Waals surface area contributed by atoms with Gasteiger partial charge < -0.3 is 10.2 Å². The Morgan fingerprint density at radius 2 is 1.83 bits per heavy atom. The van der Waals surface area contributed by atoms with Gasteiger partial charge in [-0.15, -0.1) is 0 Å². The summed E-state index contributed by atoms with van der Waals surface area (Å²) in [6.45, 7) is 4.08. The number of allylic oxidation sites excluding steroid dienone is 2. The van der Waals surface area contributed by atoms with Crippen molar-refractivity contribution in [3.63, 3.8) is 0 Å². The molecule has 2 N–H and O–H groups in total. The van der Waals surface area contributed by atoms with Gasteiger partial charge in [-0.1, -0.05) is 6.08 Å². The van der Waals surface area contributed by atoms with Crippen LogP contribution in [0.5, 0.6) is 0 Å². The van der Waals surface area contributed by atoms with Crippen LogP contribution in [0.15, 0.2) is 48.2 Å². The first kappa shape index (κ1) is 21.4. The normalized spacial score (nSPS) is 26.3. The summed E-state index contributed by atoms with van der Waals surface area (Å²) in [6, 6.07) is 5.86. The molecule has 7 heteroatoms. The van der Waals surface area contributed by atoms with Crippen molar-refractivity contribution >= 4 is 5.69 Å². The maximum absolute atomic E-state index is 13.0. The molecule has 164 valence electrons. The van der Waals surface area contributed by atoms with E-state index in [1.54, 1.807) is 12.1 Å². The van der Waals surface area contributed by atoms with Gasteiger partial charge in [-0.05, 0) is 94.2 Å². The van der Waals surface area contributed by atoms with Crippen molar-refractivity contribution in [2.75, 3.05) is 38.1 Å². The topological polar surface area (TPSA) is 30.5 Å². The number of halogens is 3. The fourth-order valence-corrected chi connectivity index (χ4v) is 4.85. The van der Waals surface area contributed by atoms with Crippen LogP contribution < -0.4 is 15.5 Å². The molecular weight excluding hydrogens is 389 g/mol. The van der Waals surface area contributed by atoms with E-state index in [1.165, 1.54) is 24.1 Å². The number of rotatable bonds is 5. The molecule has 2 atom stereocenters. The van der Waals surface area contributed by atoms with Crippen LogP contribution in [0.1, 0.15) is 31.2 Å². The van der Waals surface area contributed by atoms with Crippen LogP contribution in [0.25, 0.3) is 0 Å². The van der Waals surface area contributed by atoms with Crippen molar-refractivity contribution in [2.24, 2.45) is 5.92 Å². The molecule has 2 fully saturated rings. The average Bonchev–Trinajstić information content (AvgIpc) is 3.18. The van der Waals surface area contributed by atoms with Gasteiger partial charge in [0.05, 0.1) is 5.56 Å². The standard InChI is InChI=1S/C23H31F3N4/c1-29-14-3-5-21(29)20-4-2-15-30(19-8-6-18(7-9-19)23(24,25)26)22(20)28-16-17-10-12-27-13-11-17/h2,4,6-9,15,17,21-22,27-28H,3,5,10-14,16H2,1H3/t21-,22?/m0/s1. The smallest absolute Gasteiger partial charge is 0.328 e. The predicted molar refractivity (Wildman–Crippen MR) is 114 cm³/mol. The largest absolute Gasteiger partial charge is 0.416 e. The second-order valence-corrected chi connectivity index (χ2v) is 8.60. The molecule has 0 aromatic heterocycles. The van der Waals surface area contributed by atoms with E-state index in [1.807, 2.05) is 12.3 Å². The Kier molecular flexibility index (Phi) is 6.51. The molecule has 1 unspecified atom stereocenters. The Hall–Kier alpha value is -1.83.